The Labute approximate surface area is 263 Å². The minimum Gasteiger partial charge on any atom is -0.496 e. The standard InChI is InChI=1S/C33H40BrN3O5S/c1-23-14-16-28(17-15-23)37(43(40,41)29-18-19-31(42-4)30(34)20-29)22-32(38)36(21-26-11-9-8-10-24(26)2)25(3)33(39)35-27-12-6-5-7-13-27/h8-11,14-20,25,27H,5-7,12-13,21-22H2,1-4H3,(H,35,39). The summed E-state index contributed by atoms with van der Waals surface area (Å²) in [7, 11) is -2.69. The zero-order valence-electron chi connectivity index (χ0n) is 25.2. The van der Waals surface area contributed by atoms with Crippen molar-refractivity contribution >= 4 is 43.5 Å². The second-order valence-corrected chi connectivity index (χ2v) is 13.8. The summed E-state index contributed by atoms with van der Waals surface area (Å²) in [5, 5.41) is 3.14. The molecule has 0 heterocycles. The molecular formula is C33H40BrN3O5S. The lowest BCUT2D eigenvalue weighted by Gasteiger charge is -2.33. The highest BCUT2D eigenvalue weighted by atomic mass is 79.9. The number of nitrogens with one attached hydrogen (secondary N) is 1. The van der Waals surface area contributed by atoms with Crippen LogP contribution >= 0.6 is 15.9 Å². The van der Waals surface area contributed by atoms with Crippen LogP contribution in [0.5, 0.6) is 5.75 Å². The number of ether oxygens (including phenoxy) is 1. The van der Waals surface area contributed by atoms with Gasteiger partial charge in [0.15, 0.2) is 0 Å². The van der Waals surface area contributed by atoms with Crippen molar-refractivity contribution in [3.05, 3.63) is 87.9 Å². The maximum absolute atomic E-state index is 14.2. The van der Waals surface area contributed by atoms with Crippen molar-refractivity contribution in [3.8, 4) is 5.75 Å². The molecule has 3 aromatic carbocycles. The Kier molecular flexibility index (Phi) is 10.9. The fourth-order valence-electron chi connectivity index (χ4n) is 5.30. The molecule has 1 fully saturated rings. The summed E-state index contributed by atoms with van der Waals surface area (Å²) < 4.78 is 35.1. The molecular weight excluding hydrogens is 630 g/mol. The van der Waals surface area contributed by atoms with Gasteiger partial charge in [-0.05, 0) is 91.0 Å². The van der Waals surface area contributed by atoms with E-state index in [4.69, 9.17) is 4.74 Å². The van der Waals surface area contributed by atoms with Gasteiger partial charge < -0.3 is 15.0 Å². The van der Waals surface area contributed by atoms with Gasteiger partial charge in [0.25, 0.3) is 10.0 Å². The average Bonchev–Trinajstić information content (AvgIpc) is 3.00. The van der Waals surface area contributed by atoms with Crippen LogP contribution in [0.4, 0.5) is 5.69 Å². The van der Waals surface area contributed by atoms with Crippen LogP contribution in [0.25, 0.3) is 0 Å². The van der Waals surface area contributed by atoms with Gasteiger partial charge in [-0.25, -0.2) is 8.42 Å². The molecule has 8 nitrogen and oxygen atoms in total. The van der Waals surface area contributed by atoms with Crippen molar-refractivity contribution in [2.24, 2.45) is 0 Å². The van der Waals surface area contributed by atoms with Gasteiger partial charge in [-0.15, -0.1) is 0 Å². The molecule has 10 heteroatoms. The molecule has 2 amide bonds. The number of nitrogens with zero attached hydrogens (tertiary/aromatic N) is 2. The number of carbonyl (C=O) groups excluding carboxylic acids is 2. The molecule has 1 atom stereocenters. The summed E-state index contributed by atoms with van der Waals surface area (Å²) in [5.41, 5.74) is 3.16. The summed E-state index contributed by atoms with van der Waals surface area (Å²) in [6, 6.07) is 18.4. The average molecular weight is 671 g/mol. The van der Waals surface area contributed by atoms with Crippen LogP contribution in [0.1, 0.15) is 55.7 Å². The van der Waals surface area contributed by atoms with E-state index >= 15 is 0 Å². The highest BCUT2D eigenvalue weighted by Gasteiger charge is 2.33. The Morgan fingerprint density at radius 3 is 2.30 bits per heavy atom. The Hall–Kier alpha value is -3.37. The Balaban J connectivity index is 1.70. The molecule has 0 saturated heterocycles. The van der Waals surface area contributed by atoms with Crippen LogP contribution in [-0.4, -0.2) is 50.9 Å². The number of methoxy groups -OCH3 is 1. The minimum atomic E-state index is -4.19. The van der Waals surface area contributed by atoms with Crippen LogP contribution in [0.2, 0.25) is 0 Å². The Morgan fingerprint density at radius 2 is 1.67 bits per heavy atom. The van der Waals surface area contributed by atoms with Crippen molar-refractivity contribution in [3.63, 3.8) is 0 Å². The molecule has 230 valence electrons. The van der Waals surface area contributed by atoms with E-state index in [1.54, 1.807) is 37.3 Å². The van der Waals surface area contributed by atoms with Crippen LogP contribution in [0, 0.1) is 13.8 Å². The minimum absolute atomic E-state index is 0.00194. The van der Waals surface area contributed by atoms with Gasteiger partial charge in [-0.1, -0.05) is 61.2 Å². The first-order chi connectivity index (χ1) is 20.5. The van der Waals surface area contributed by atoms with Gasteiger partial charge >= 0.3 is 0 Å². The molecule has 43 heavy (non-hydrogen) atoms. The van der Waals surface area contributed by atoms with Gasteiger partial charge in [0, 0.05) is 12.6 Å². The summed E-state index contributed by atoms with van der Waals surface area (Å²) in [6.45, 7) is 5.25. The first-order valence-electron chi connectivity index (χ1n) is 14.6. The maximum atomic E-state index is 14.2. The number of hydrogen-bond acceptors (Lipinski definition) is 5. The van der Waals surface area contributed by atoms with Crippen LogP contribution in [0.3, 0.4) is 0 Å². The van der Waals surface area contributed by atoms with Crippen LogP contribution in [-0.2, 0) is 26.2 Å². The largest absolute Gasteiger partial charge is 0.496 e. The number of carbonyl (C=O) groups is 2. The van der Waals surface area contributed by atoms with E-state index in [0.29, 0.717) is 15.9 Å². The number of benzene rings is 3. The predicted octanol–water partition coefficient (Wildman–Crippen LogP) is 6.14. The van der Waals surface area contributed by atoms with Crippen LogP contribution < -0.4 is 14.4 Å². The molecule has 1 aliphatic carbocycles. The van der Waals surface area contributed by atoms with Crippen molar-refractivity contribution in [1.82, 2.24) is 10.2 Å². The zero-order valence-corrected chi connectivity index (χ0v) is 27.6. The maximum Gasteiger partial charge on any atom is 0.264 e. The number of rotatable bonds is 11. The van der Waals surface area contributed by atoms with E-state index in [1.807, 2.05) is 38.1 Å². The predicted molar refractivity (Wildman–Crippen MR) is 173 cm³/mol. The number of anilines is 1. The summed E-state index contributed by atoms with van der Waals surface area (Å²) in [4.78, 5) is 29.2. The highest BCUT2D eigenvalue weighted by molar-refractivity contribution is 9.10. The fraction of sp³-hybridized carbons (Fsp3) is 0.394. The molecule has 0 aliphatic heterocycles. The van der Waals surface area contributed by atoms with Crippen molar-refractivity contribution in [2.75, 3.05) is 18.0 Å². The van der Waals surface area contributed by atoms with Crippen molar-refractivity contribution < 1.29 is 22.7 Å². The number of sulfonamides is 1. The highest BCUT2D eigenvalue weighted by Crippen LogP contribution is 2.31. The smallest absolute Gasteiger partial charge is 0.264 e. The Bertz CT molecular complexity index is 1540. The molecule has 0 spiro atoms. The number of hydrogen-bond donors (Lipinski definition) is 1. The third-order valence-corrected chi connectivity index (χ3v) is 10.4. The molecule has 3 aromatic rings. The first-order valence-corrected chi connectivity index (χ1v) is 16.8. The topological polar surface area (TPSA) is 96.0 Å². The van der Waals surface area contributed by atoms with E-state index in [0.717, 1.165) is 53.1 Å². The van der Waals surface area contributed by atoms with Crippen molar-refractivity contribution in [2.45, 2.75) is 76.4 Å². The molecule has 1 N–H and O–H groups in total. The van der Waals surface area contributed by atoms with Gasteiger partial charge in [-0.3, -0.25) is 13.9 Å². The van der Waals surface area contributed by atoms with Crippen LogP contribution in [0.15, 0.2) is 76.1 Å². The number of halogens is 1. The molecule has 4 rings (SSSR count). The van der Waals surface area contributed by atoms with E-state index in [2.05, 4.69) is 21.2 Å². The lowest BCUT2D eigenvalue weighted by molar-refractivity contribution is -0.139. The van der Waals surface area contributed by atoms with Crippen molar-refractivity contribution in [1.29, 1.82) is 0 Å². The lowest BCUT2D eigenvalue weighted by atomic mass is 9.95. The Morgan fingerprint density at radius 1 is 1.00 bits per heavy atom. The number of amides is 2. The van der Waals surface area contributed by atoms with E-state index in [9.17, 15) is 18.0 Å². The monoisotopic (exact) mass is 669 g/mol. The van der Waals surface area contributed by atoms with Gasteiger partial charge in [0.2, 0.25) is 11.8 Å². The second kappa shape index (κ2) is 14.4. The zero-order chi connectivity index (χ0) is 31.1. The SMILES string of the molecule is COc1ccc(S(=O)(=O)N(CC(=O)N(Cc2ccccc2C)C(C)C(=O)NC2CCCCC2)c2ccc(C)cc2)cc1Br. The quantitative estimate of drug-likeness (QED) is 0.265. The van der Waals surface area contributed by atoms with E-state index < -0.39 is 28.5 Å². The van der Waals surface area contributed by atoms with E-state index in [1.165, 1.54) is 24.1 Å². The summed E-state index contributed by atoms with van der Waals surface area (Å²) >= 11 is 3.38. The lowest BCUT2D eigenvalue weighted by Crippen LogP contribution is -2.53. The molecule has 1 aliphatic rings. The summed E-state index contributed by atoms with van der Waals surface area (Å²) in [5.74, 6) is -0.233. The molecule has 1 unspecified atom stereocenters. The molecule has 1 saturated carbocycles. The van der Waals surface area contributed by atoms with E-state index in [-0.39, 0.29) is 23.4 Å². The number of aryl methyl sites for hydroxylation is 2. The second-order valence-electron chi connectivity index (χ2n) is 11.1. The van der Waals surface area contributed by atoms with Gasteiger partial charge in [-0.2, -0.15) is 0 Å². The third-order valence-electron chi connectivity index (χ3n) is 8.03. The first kappa shape index (κ1) is 32.5. The normalized spacial score (nSPS) is 14.5. The molecule has 0 aromatic heterocycles. The third kappa shape index (κ3) is 7.97. The van der Waals surface area contributed by atoms with Gasteiger partial charge in [0.05, 0.1) is 22.2 Å². The fourth-order valence-corrected chi connectivity index (χ4v) is 7.43. The molecule has 0 radical (unpaired) electrons. The molecule has 0 bridgehead atoms. The summed E-state index contributed by atoms with van der Waals surface area (Å²) in [6.07, 6.45) is 5.13. The van der Waals surface area contributed by atoms with Gasteiger partial charge in [0.1, 0.15) is 18.3 Å².